The van der Waals surface area contributed by atoms with Crippen molar-refractivity contribution in [2.45, 2.75) is 6.92 Å². The van der Waals surface area contributed by atoms with E-state index in [0.717, 1.165) is 23.4 Å². The van der Waals surface area contributed by atoms with E-state index in [1.54, 1.807) is 18.3 Å². The molecular formula is C10H9Cl2N3. The van der Waals surface area contributed by atoms with Gasteiger partial charge in [0, 0.05) is 6.54 Å². The largest absolute Gasteiger partial charge is 0.369 e. The van der Waals surface area contributed by atoms with E-state index in [2.05, 4.69) is 15.3 Å². The van der Waals surface area contributed by atoms with Gasteiger partial charge in [0.05, 0.1) is 27.3 Å². The Kier molecular flexibility index (Phi) is 2.93. The molecule has 0 saturated carbocycles. The minimum absolute atomic E-state index is 0.493. The third kappa shape index (κ3) is 2.13. The van der Waals surface area contributed by atoms with E-state index in [-0.39, 0.29) is 0 Å². The fourth-order valence-corrected chi connectivity index (χ4v) is 1.59. The van der Waals surface area contributed by atoms with Crippen LogP contribution in [0.2, 0.25) is 10.0 Å². The molecule has 0 bridgehead atoms. The van der Waals surface area contributed by atoms with Crippen molar-refractivity contribution in [3.63, 3.8) is 0 Å². The van der Waals surface area contributed by atoms with Gasteiger partial charge >= 0.3 is 0 Å². The molecule has 0 aliphatic heterocycles. The van der Waals surface area contributed by atoms with E-state index in [1.165, 1.54) is 0 Å². The summed E-state index contributed by atoms with van der Waals surface area (Å²) in [6, 6.07) is 3.43. The molecular weight excluding hydrogens is 233 g/mol. The summed E-state index contributed by atoms with van der Waals surface area (Å²) < 4.78 is 0. The topological polar surface area (TPSA) is 37.8 Å². The number of fused-ring (bicyclic) bond motifs is 1. The van der Waals surface area contributed by atoms with Gasteiger partial charge in [-0.25, -0.2) is 4.98 Å². The molecule has 0 unspecified atom stereocenters. The van der Waals surface area contributed by atoms with Crippen molar-refractivity contribution in [3.05, 3.63) is 28.4 Å². The van der Waals surface area contributed by atoms with Crippen molar-refractivity contribution in [1.82, 2.24) is 9.97 Å². The molecule has 3 nitrogen and oxygen atoms in total. The lowest BCUT2D eigenvalue weighted by Gasteiger charge is -2.04. The molecule has 1 N–H and O–H groups in total. The lowest BCUT2D eigenvalue weighted by Crippen LogP contribution is -1.99. The molecule has 2 aromatic rings. The second-order valence-corrected chi connectivity index (χ2v) is 3.86. The van der Waals surface area contributed by atoms with Crippen LogP contribution in [0, 0.1) is 0 Å². The maximum atomic E-state index is 5.90. The first-order valence-electron chi connectivity index (χ1n) is 4.56. The number of aromatic nitrogens is 2. The highest BCUT2D eigenvalue weighted by molar-refractivity contribution is 6.42. The summed E-state index contributed by atoms with van der Waals surface area (Å²) in [4.78, 5) is 8.58. The lowest BCUT2D eigenvalue weighted by atomic mass is 10.3. The molecule has 0 radical (unpaired) electrons. The first-order valence-corrected chi connectivity index (χ1v) is 5.32. The smallest absolute Gasteiger partial charge is 0.145 e. The molecule has 0 atom stereocenters. The van der Waals surface area contributed by atoms with Crippen LogP contribution in [0.4, 0.5) is 5.82 Å². The van der Waals surface area contributed by atoms with Gasteiger partial charge < -0.3 is 5.32 Å². The molecule has 78 valence electrons. The van der Waals surface area contributed by atoms with E-state index >= 15 is 0 Å². The summed E-state index contributed by atoms with van der Waals surface area (Å²) >= 11 is 11.8. The molecule has 0 aliphatic rings. The minimum atomic E-state index is 0.493. The Morgan fingerprint density at radius 1 is 1.20 bits per heavy atom. The zero-order valence-electron chi connectivity index (χ0n) is 8.09. The van der Waals surface area contributed by atoms with Crippen LogP contribution >= 0.6 is 23.2 Å². The average Bonchev–Trinajstić information content (AvgIpc) is 2.21. The van der Waals surface area contributed by atoms with E-state index in [9.17, 15) is 0 Å². The normalized spacial score (nSPS) is 10.6. The molecule has 0 saturated heterocycles. The first-order chi connectivity index (χ1) is 7.20. The quantitative estimate of drug-likeness (QED) is 0.877. The Balaban J connectivity index is 2.56. The van der Waals surface area contributed by atoms with E-state index in [0.29, 0.717) is 10.0 Å². The van der Waals surface area contributed by atoms with Crippen molar-refractivity contribution in [2.24, 2.45) is 0 Å². The second kappa shape index (κ2) is 4.21. The standard InChI is InChI=1S/C10H9Cl2N3/c1-2-13-10-5-14-8-3-6(11)7(12)4-9(8)15-10/h3-5H,2H2,1H3,(H,13,15). The van der Waals surface area contributed by atoms with Crippen molar-refractivity contribution in [2.75, 3.05) is 11.9 Å². The lowest BCUT2D eigenvalue weighted by molar-refractivity contribution is 1.15. The SMILES string of the molecule is CCNc1cnc2cc(Cl)c(Cl)cc2n1. The molecule has 15 heavy (non-hydrogen) atoms. The van der Waals surface area contributed by atoms with Gasteiger partial charge in [0.15, 0.2) is 0 Å². The van der Waals surface area contributed by atoms with Gasteiger partial charge in [-0.1, -0.05) is 23.2 Å². The van der Waals surface area contributed by atoms with Crippen LogP contribution in [-0.4, -0.2) is 16.5 Å². The Morgan fingerprint density at radius 2 is 1.87 bits per heavy atom. The van der Waals surface area contributed by atoms with Gasteiger partial charge in [-0.2, -0.15) is 0 Å². The predicted molar refractivity (Wildman–Crippen MR) is 63.7 cm³/mol. The summed E-state index contributed by atoms with van der Waals surface area (Å²) in [5.74, 6) is 0.739. The van der Waals surface area contributed by atoms with Crippen LogP contribution in [-0.2, 0) is 0 Å². The number of hydrogen-bond acceptors (Lipinski definition) is 3. The van der Waals surface area contributed by atoms with Crippen LogP contribution < -0.4 is 5.32 Å². The minimum Gasteiger partial charge on any atom is -0.369 e. The molecule has 0 amide bonds. The van der Waals surface area contributed by atoms with Gasteiger partial charge in [-0.15, -0.1) is 0 Å². The highest BCUT2D eigenvalue weighted by Crippen LogP contribution is 2.26. The molecule has 0 aliphatic carbocycles. The summed E-state index contributed by atoms with van der Waals surface area (Å²) in [5, 5.41) is 4.07. The Bertz CT molecular complexity index is 499. The summed E-state index contributed by atoms with van der Waals surface area (Å²) in [7, 11) is 0. The van der Waals surface area contributed by atoms with Crippen LogP contribution in [0.3, 0.4) is 0 Å². The van der Waals surface area contributed by atoms with Crippen molar-refractivity contribution < 1.29 is 0 Å². The van der Waals surface area contributed by atoms with Crippen molar-refractivity contribution in [1.29, 1.82) is 0 Å². The van der Waals surface area contributed by atoms with Crippen molar-refractivity contribution in [3.8, 4) is 0 Å². The van der Waals surface area contributed by atoms with Crippen LogP contribution in [0.25, 0.3) is 11.0 Å². The number of benzene rings is 1. The highest BCUT2D eigenvalue weighted by atomic mass is 35.5. The second-order valence-electron chi connectivity index (χ2n) is 3.04. The zero-order valence-corrected chi connectivity index (χ0v) is 9.60. The number of nitrogens with zero attached hydrogens (tertiary/aromatic N) is 2. The first kappa shape index (κ1) is 10.5. The molecule has 5 heteroatoms. The molecule has 1 aromatic heterocycles. The number of anilines is 1. The number of rotatable bonds is 2. The van der Waals surface area contributed by atoms with Gasteiger partial charge in [-0.05, 0) is 19.1 Å². The third-order valence-electron chi connectivity index (χ3n) is 1.94. The van der Waals surface area contributed by atoms with E-state index < -0.39 is 0 Å². The van der Waals surface area contributed by atoms with Crippen molar-refractivity contribution >= 4 is 40.1 Å². The van der Waals surface area contributed by atoms with E-state index in [4.69, 9.17) is 23.2 Å². The van der Waals surface area contributed by atoms with Crippen LogP contribution in [0.15, 0.2) is 18.3 Å². The molecule has 2 rings (SSSR count). The molecule has 1 heterocycles. The Hall–Kier alpha value is -1.06. The maximum absolute atomic E-state index is 5.90. The van der Waals surface area contributed by atoms with Crippen LogP contribution in [0.5, 0.6) is 0 Å². The molecule has 0 fully saturated rings. The zero-order chi connectivity index (χ0) is 10.8. The summed E-state index contributed by atoms with van der Waals surface area (Å²) in [6.07, 6.45) is 1.68. The van der Waals surface area contributed by atoms with Gasteiger partial charge in [0.2, 0.25) is 0 Å². The highest BCUT2D eigenvalue weighted by Gasteiger charge is 2.03. The number of hydrogen-bond donors (Lipinski definition) is 1. The van der Waals surface area contributed by atoms with Crippen LogP contribution in [0.1, 0.15) is 6.92 Å². The summed E-state index contributed by atoms with van der Waals surface area (Å²) in [6.45, 7) is 2.81. The fraction of sp³-hybridized carbons (Fsp3) is 0.200. The third-order valence-corrected chi connectivity index (χ3v) is 2.66. The monoisotopic (exact) mass is 241 g/mol. The van der Waals surface area contributed by atoms with Gasteiger partial charge in [-0.3, -0.25) is 4.98 Å². The van der Waals surface area contributed by atoms with E-state index in [1.807, 2.05) is 6.92 Å². The fourth-order valence-electron chi connectivity index (χ4n) is 1.27. The maximum Gasteiger partial charge on any atom is 0.145 e. The Labute approximate surface area is 97.4 Å². The van der Waals surface area contributed by atoms with Gasteiger partial charge in [0.1, 0.15) is 5.82 Å². The van der Waals surface area contributed by atoms with Gasteiger partial charge in [0.25, 0.3) is 0 Å². The molecule has 1 aromatic carbocycles. The predicted octanol–water partition coefficient (Wildman–Crippen LogP) is 3.37. The number of nitrogens with one attached hydrogen (secondary N) is 1. The molecule has 0 spiro atoms. The average molecular weight is 242 g/mol. The number of halogens is 2. The Morgan fingerprint density at radius 3 is 2.53 bits per heavy atom. The summed E-state index contributed by atoms with van der Waals surface area (Å²) in [5.41, 5.74) is 1.48.